The number of pyridine rings is 1. The maximum atomic E-state index is 13.1. The number of halogens is 2. The van der Waals surface area contributed by atoms with Gasteiger partial charge in [-0.25, -0.2) is 9.37 Å². The Balaban J connectivity index is 2.31. The maximum Gasteiger partial charge on any atom is 0.282 e. The summed E-state index contributed by atoms with van der Waals surface area (Å²) in [5, 5.41) is 13.2. The number of benzene rings is 1. The monoisotopic (exact) mass is 339 g/mol. The SMILES string of the molecule is O=C(Nc1ccc(Br)nc1)c1cc(F)ccc1[N+](=O)[O-]. The molecule has 0 saturated carbocycles. The van der Waals surface area contributed by atoms with Crippen molar-refractivity contribution in [1.29, 1.82) is 0 Å². The lowest BCUT2D eigenvalue weighted by Crippen LogP contribution is -2.14. The average Bonchev–Trinajstić information content (AvgIpc) is 2.41. The highest BCUT2D eigenvalue weighted by Crippen LogP contribution is 2.21. The molecule has 20 heavy (non-hydrogen) atoms. The van der Waals surface area contributed by atoms with Crippen LogP contribution in [-0.4, -0.2) is 15.8 Å². The summed E-state index contributed by atoms with van der Waals surface area (Å²) in [5.74, 6) is -1.50. The lowest BCUT2D eigenvalue weighted by molar-refractivity contribution is -0.385. The summed E-state index contributed by atoms with van der Waals surface area (Å²) >= 11 is 3.13. The minimum Gasteiger partial charge on any atom is -0.320 e. The van der Waals surface area contributed by atoms with Crippen molar-refractivity contribution in [3.05, 3.63) is 62.6 Å². The third kappa shape index (κ3) is 3.15. The fourth-order valence-corrected chi connectivity index (χ4v) is 1.73. The molecule has 1 aromatic heterocycles. The average molecular weight is 340 g/mol. The van der Waals surface area contributed by atoms with E-state index in [4.69, 9.17) is 0 Å². The van der Waals surface area contributed by atoms with E-state index < -0.39 is 22.3 Å². The molecule has 0 bridgehead atoms. The van der Waals surface area contributed by atoms with Crippen molar-refractivity contribution in [3.63, 3.8) is 0 Å². The van der Waals surface area contributed by atoms with Gasteiger partial charge in [0, 0.05) is 6.07 Å². The number of nitro benzene ring substituents is 1. The van der Waals surface area contributed by atoms with Crippen LogP contribution in [0.15, 0.2) is 41.1 Å². The van der Waals surface area contributed by atoms with Crippen LogP contribution in [0.25, 0.3) is 0 Å². The molecule has 102 valence electrons. The normalized spacial score (nSPS) is 10.1. The van der Waals surface area contributed by atoms with Crippen molar-refractivity contribution in [1.82, 2.24) is 4.98 Å². The van der Waals surface area contributed by atoms with Crippen molar-refractivity contribution >= 4 is 33.2 Å². The van der Waals surface area contributed by atoms with Gasteiger partial charge in [-0.3, -0.25) is 14.9 Å². The Morgan fingerprint density at radius 2 is 2.10 bits per heavy atom. The number of nitro groups is 1. The van der Waals surface area contributed by atoms with E-state index >= 15 is 0 Å². The molecular formula is C12H7BrFN3O3. The van der Waals surface area contributed by atoms with Gasteiger partial charge in [-0.2, -0.15) is 0 Å². The third-order valence-electron chi connectivity index (χ3n) is 2.39. The summed E-state index contributed by atoms with van der Waals surface area (Å²) in [6.07, 6.45) is 1.37. The van der Waals surface area contributed by atoms with Gasteiger partial charge < -0.3 is 5.32 Å². The number of anilines is 1. The van der Waals surface area contributed by atoms with Gasteiger partial charge in [0.05, 0.1) is 16.8 Å². The first kappa shape index (κ1) is 14.1. The molecule has 0 fully saturated rings. The van der Waals surface area contributed by atoms with Gasteiger partial charge in [-0.1, -0.05) is 0 Å². The standard InChI is InChI=1S/C12H7BrFN3O3/c13-11-4-2-8(6-15-11)16-12(18)9-5-7(14)1-3-10(9)17(19)20/h1-6H,(H,16,18). The predicted octanol–water partition coefficient (Wildman–Crippen LogP) is 3.14. The molecule has 0 aliphatic carbocycles. The molecule has 1 aromatic carbocycles. The largest absolute Gasteiger partial charge is 0.320 e. The minimum absolute atomic E-state index is 0.344. The number of rotatable bonds is 3. The highest BCUT2D eigenvalue weighted by molar-refractivity contribution is 9.10. The van der Waals surface area contributed by atoms with Gasteiger partial charge in [-0.05, 0) is 40.2 Å². The molecule has 0 atom stereocenters. The van der Waals surface area contributed by atoms with Crippen molar-refractivity contribution < 1.29 is 14.1 Å². The summed E-state index contributed by atoms with van der Waals surface area (Å²) in [5.41, 5.74) is -0.469. The Kier molecular flexibility index (Phi) is 4.04. The molecule has 0 unspecified atom stereocenters. The Morgan fingerprint density at radius 3 is 2.70 bits per heavy atom. The summed E-state index contributed by atoms with van der Waals surface area (Å²) in [6, 6.07) is 5.84. The number of carbonyl (C=O) groups is 1. The van der Waals surface area contributed by atoms with Crippen molar-refractivity contribution in [2.45, 2.75) is 0 Å². The molecule has 0 aliphatic rings. The Labute approximate surface area is 120 Å². The van der Waals surface area contributed by atoms with Gasteiger partial charge >= 0.3 is 0 Å². The fourth-order valence-electron chi connectivity index (χ4n) is 1.50. The summed E-state index contributed by atoms with van der Waals surface area (Å²) in [6.45, 7) is 0. The first-order valence-electron chi connectivity index (χ1n) is 5.34. The Morgan fingerprint density at radius 1 is 1.35 bits per heavy atom. The second-order valence-electron chi connectivity index (χ2n) is 3.74. The highest BCUT2D eigenvalue weighted by atomic mass is 79.9. The second-order valence-corrected chi connectivity index (χ2v) is 4.55. The van der Waals surface area contributed by atoms with Crippen molar-refractivity contribution in [2.75, 3.05) is 5.32 Å². The van der Waals surface area contributed by atoms with E-state index in [1.165, 1.54) is 6.20 Å². The predicted molar refractivity (Wildman–Crippen MR) is 72.9 cm³/mol. The van der Waals surface area contributed by atoms with Crippen LogP contribution in [0.5, 0.6) is 0 Å². The Hall–Kier alpha value is -2.35. The van der Waals surface area contributed by atoms with E-state index in [-0.39, 0.29) is 5.56 Å². The van der Waals surface area contributed by atoms with E-state index in [0.29, 0.717) is 10.3 Å². The highest BCUT2D eigenvalue weighted by Gasteiger charge is 2.21. The lowest BCUT2D eigenvalue weighted by Gasteiger charge is -2.05. The van der Waals surface area contributed by atoms with E-state index in [0.717, 1.165) is 18.2 Å². The van der Waals surface area contributed by atoms with Crippen LogP contribution in [0, 0.1) is 15.9 Å². The van der Waals surface area contributed by atoms with E-state index in [1.54, 1.807) is 12.1 Å². The molecule has 1 N–H and O–H groups in total. The molecule has 1 heterocycles. The summed E-state index contributed by atoms with van der Waals surface area (Å²) in [7, 11) is 0. The first-order chi connectivity index (χ1) is 9.47. The number of aromatic nitrogens is 1. The number of nitrogens with zero attached hydrogens (tertiary/aromatic N) is 2. The van der Waals surface area contributed by atoms with Crippen molar-refractivity contribution in [2.24, 2.45) is 0 Å². The molecule has 0 saturated heterocycles. The van der Waals surface area contributed by atoms with Crippen molar-refractivity contribution in [3.8, 4) is 0 Å². The molecule has 1 amide bonds. The molecule has 0 radical (unpaired) electrons. The first-order valence-corrected chi connectivity index (χ1v) is 6.13. The number of amides is 1. The van der Waals surface area contributed by atoms with E-state index in [2.05, 4.69) is 26.2 Å². The van der Waals surface area contributed by atoms with Crippen LogP contribution in [0.4, 0.5) is 15.8 Å². The van der Waals surface area contributed by atoms with Gasteiger partial charge in [0.25, 0.3) is 11.6 Å². The van der Waals surface area contributed by atoms with Gasteiger partial charge in [0.1, 0.15) is 16.0 Å². The van der Waals surface area contributed by atoms with Crippen LogP contribution in [0.3, 0.4) is 0 Å². The van der Waals surface area contributed by atoms with E-state index in [1.807, 2.05) is 0 Å². The van der Waals surface area contributed by atoms with Crippen LogP contribution < -0.4 is 5.32 Å². The summed E-state index contributed by atoms with van der Waals surface area (Å²) in [4.78, 5) is 25.9. The molecule has 6 nitrogen and oxygen atoms in total. The lowest BCUT2D eigenvalue weighted by atomic mass is 10.1. The molecule has 0 spiro atoms. The molecule has 0 aliphatic heterocycles. The van der Waals surface area contributed by atoms with Crippen LogP contribution in [0.1, 0.15) is 10.4 Å². The molecule has 8 heteroatoms. The van der Waals surface area contributed by atoms with Gasteiger partial charge in [0.2, 0.25) is 0 Å². The zero-order valence-electron chi connectivity index (χ0n) is 9.84. The minimum atomic E-state index is -0.777. The molecule has 2 aromatic rings. The van der Waals surface area contributed by atoms with Crippen LogP contribution in [0.2, 0.25) is 0 Å². The molecular weight excluding hydrogens is 333 g/mol. The van der Waals surface area contributed by atoms with Crippen LogP contribution in [-0.2, 0) is 0 Å². The zero-order chi connectivity index (χ0) is 14.7. The van der Waals surface area contributed by atoms with E-state index in [9.17, 15) is 19.3 Å². The topological polar surface area (TPSA) is 85.1 Å². The number of hydrogen-bond acceptors (Lipinski definition) is 4. The van der Waals surface area contributed by atoms with Crippen LogP contribution >= 0.6 is 15.9 Å². The fraction of sp³-hybridized carbons (Fsp3) is 0. The third-order valence-corrected chi connectivity index (χ3v) is 2.85. The molecule has 2 rings (SSSR count). The maximum absolute atomic E-state index is 13.1. The smallest absolute Gasteiger partial charge is 0.282 e. The number of carbonyl (C=O) groups excluding carboxylic acids is 1. The number of hydrogen-bond donors (Lipinski definition) is 1. The Bertz CT molecular complexity index is 676. The zero-order valence-corrected chi connectivity index (χ0v) is 11.4. The summed E-state index contributed by atoms with van der Waals surface area (Å²) < 4.78 is 13.7. The van der Waals surface area contributed by atoms with Gasteiger partial charge in [0.15, 0.2) is 0 Å². The number of nitrogens with one attached hydrogen (secondary N) is 1. The van der Waals surface area contributed by atoms with Gasteiger partial charge in [-0.15, -0.1) is 0 Å². The quantitative estimate of drug-likeness (QED) is 0.528. The second kappa shape index (κ2) is 5.74.